The van der Waals surface area contributed by atoms with Gasteiger partial charge in [0.2, 0.25) is 5.91 Å². The summed E-state index contributed by atoms with van der Waals surface area (Å²) in [6.07, 6.45) is 1.86. The zero-order chi connectivity index (χ0) is 18.4. The molecule has 25 heavy (non-hydrogen) atoms. The van der Waals surface area contributed by atoms with Gasteiger partial charge < -0.3 is 9.64 Å². The third-order valence-electron chi connectivity index (χ3n) is 4.64. The molecular weight excluding hydrogens is 338 g/mol. The first-order valence-corrected chi connectivity index (χ1v) is 9.40. The Morgan fingerprint density at radius 1 is 1.44 bits per heavy atom. The van der Waals surface area contributed by atoms with Crippen LogP contribution in [0.15, 0.2) is 11.1 Å². The fourth-order valence-corrected chi connectivity index (χ4v) is 4.43. The summed E-state index contributed by atoms with van der Waals surface area (Å²) in [7, 11) is 0. The Bertz CT molecular complexity index is 868. The van der Waals surface area contributed by atoms with E-state index in [9.17, 15) is 9.59 Å². The van der Waals surface area contributed by atoms with Crippen LogP contribution in [0.2, 0.25) is 0 Å². The highest BCUT2D eigenvalue weighted by molar-refractivity contribution is 7.18. The van der Waals surface area contributed by atoms with E-state index in [4.69, 9.17) is 4.74 Å². The van der Waals surface area contributed by atoms with E-state index in [1.807, 2.05) is 39.5 Å². The standard InChI is InChI=1S/C18H25N3O3S/c1-11-8-21(9-18(4,5)24-11)14(22)6-7-20-10-19-16-15(17(20)23)12(2)13(3)25-16/h10-11H,6-9H2,1-5H3. The number of thiophene rings is 1. The smallest absolute Gasteiger partial charge is 0.262 e. The lowest BCUT2D eigenvalue weighted by atomic mass is 10.1. The van der Waals surface area contributed by atoms with E-state index in [2.05, 4.69) is 4.98 Å². The van der Waals surface area contributed by atoms with Crippen LogP contribution in [0.4, 0.5) is 0 Å². The fourth-order valence-electron chi connectivity index (χ4n) is 3.45. The van der Waals surface area contributed by atoms with Gasteiger partial charge in [-0.3, -0.25) is 14.2 Å². The van der Waals surface area contributed by atoms with Crippen LogP contribution in [0.5, 0.6) is 0 Å². The van der Waals surface area contributed by atoms with Gasteiger partial charge in [-0.1, -0.05) is 0 Å². The number of rotatable bonds is 3. The van der Waals surface area contributed by atoms with Crippen LogP contribution in [0.1, 0.15) is 37.6 Å². The van der Waals surface area contributed by atoms with Crippen molar-refractivity contribution in [2.45, 2.75) is 59.3 Å². The summed E-state index contributed by atoms with van der Waals surface area (Å²) in [5.41, 5.74) is 0.591. The molecule has 1 aliphatic heterocycles. The maximum absolute atomic E-state index is 12.7. The summed E-state index contributed by atoms with van der Waals surface area (Å²) in [6.45, 7) is 11.4. The average Bonchev–Trinajstić information content (AvgIpc) is 2.80. The first-order valence-electron chi connectivity index (χ1n) is 8.58. The number of carbonyl (C=O) groups excluding carboxylic acids is 1. The highest BCUT2D eigenvalue weighted by atomic mass is 32.1. The van der Waals surface area contributed by atoms with Crippen molar-refractivity contribution in [1.29, 1.82) is 0 Å². The molecule has 136 valence electrons. The van der Waals surface area contributed by atoms with E-state index in [-0.39, 0.29) is 29.6 Å². The number of ether oxygens (including phenoxy) is 1. The van der Waals surface area contributed by atoms with Crippen molar-refractivity contribution in [2.75, 3.05) is 13.1 Å². The first kappa shape index (κ1) is 18.1. The van der Waals surface area contributed by atoms with Crippen molar-refractivity contribution >= 4 is 27.5 Å². The molecule has 1 atom stereocenters. The fraction of sp³-hybridized carbons (Fsp3) is 0.611. The molecule has 1 fully saturated rings. The van der Waals surface area contributed by atoms with Gasteiger partial charge in [0, 0.05) is 30.9 Å². The van der Waals surface area contributed by atoms with E-state index < -0.39 is 0 Å². The number of aromatic nitrogens is 2. The molecule has 0 saturated carbocycles. The van der Waals surface area contributed by atoms with Crippen LogP contribution in [-0.2, 0) is 16.1 Å². The molecule has 0 bridgehead atoms. The number of fused-ring (bicyclic) bond motifs is 1. The number of aryl methyl sites for hydroxylation is 3. The average molecular weight is 363 g/mol. The Labute approximate surface area is 151 Å². The zero-order valence-corrected chi connectivity index (χ0v) is 16.3. The molecule has 3 rings (SSSR count). The maximum Gasteiger partial charge on any atom is 0.262 e. The van der Waals surface area contributed by atoms with Crippen LogP contribution in [-0.4, -0.2) is 45.2 Å². The summed E-state index contributed by atoms with van der Waals surface area (Å²) in [5, 5.41) is 0.679. The monoisotopic (exact) mass is 363 g/mol. The molecule has 1 unspecified atom stereocenters. The number of carbonyl (C=O) groups is 1. The lowest BCUT2D eigenvalue weighted by molar-refractivity contribution is -0.158. The quantitative estimate of drug-likeness (QED) is 0.840. The Hall–Kier alpha value is -1.73. The van der Waals surface area contributed by atoms with E-state index in [0.717, 1.165) is 15.3 Å². The first-order chi connectivity index (χ1) is 11.7. The van der Waals surface area contributed by atoms with Crippen LogP contribution in [0.25, 0.3) is 10.2 Å². The molecule has 0 N–H and O–H groups in total. The molecule has 2 aromatic heterocycles. The van der Waals surface area contributed by atoms with Crippen LogP contribution in [0, 0.1) is 13.8 Å². The van der Waals surface area contributed by atoms with Gasteiger partial charge in [0.25, 0.3) is 5.56 Å². The van der Waals surface area contributed by atoms with Gasteiger partial charge >= 0.3 is 0 Å². The van der Waals surface area contributed by atoms with Gasteiger partial charge in [0.05, 0.1) is 23.4 Å². The summed E-state index contributed by atoms with van der Waals surface area (Å²) in [5.74, 6) is 0.0495. The van der Waals surface area contributed by atoms with Crippen LogP contribution < -0.4 is 5.56 Å². The Kier molecular flexibility index (Phi) is 4.72. The van der Waals surface area contributed by atoms with Crippen molar-refractivity contribution in [3.63, 3.8) is 0 Å². The predicted molar refractivity (Wildman–Crippen MR) is 99.2 cm³/mol. The molecule has 1 saturated heterocycles. The predicted octanol–water partition coefficient (Wildman–Crippen LogP) is 2.49. The lowest BCUT2D eigenvalue weighted by Gasteiger charge is -2.41. The van der Waals surface area contributed by atoms with Gasteiger partial charge in [-0.2, -0.15) is 0 Å². The maximum atomic E-state index is 12.7. The third kappa shape index (κ3) is 3.62. The second-order valence-corrected chi connectivity index (χ2v) is 8.62. The van der Waals surface area contributed by atoms with E-state index in [1.54, 1.807) is 10.9 Å². The number of hydrogen-bond donors (Lipinski definition) is 0. The molecule has 0 aliphatic carbocycles. The minimum atomic E-state index is -0.337. The summed E-state index contributed by atoms with van der Waals surface area (Å²) in [4.78, 5) is 33.4. The lowest BCUT2D eigenvalue weighted by Crippen LogP contribution is -2.53. The summed E-state index contributed by atoms with van der Waals surface area (Å²) >= 11 is 1.54. The molecule has 0 radical (unpaired) electrons. The van der Waals surface area contributed by atoms with Crippen LogP contribution >= 0.6 is 11.3 Å². The molecular formula is C18H25N3O3S. The molecule has 7 heteroatoms. The number of morpholine rings is 1. The SMILES string of the molecule is Cc1sc2ncn(CCC(=O)N3CC(C)OC(C)(C)C3)c(=O)c2c1C. The van der Waals surface area contributed by atoms with Gasteiger partial charge in [0.15, 0.2) is 0 Å². The van der Waals surface area contributed by atoms with E-state index >= 15 is 0 Å². The van der Waals surface area contributed by atoms with Gasteiger partial charge in [-0.15, -0.1) is 11.3 Å². The molecule has 0 aromatic carbocycles. The Morgan fingerprint density at radius 3 is 2.84 bits per heavy atom. The highest BCUT2D eigenvalue weighted by Gasteiger charge is 2.33. The number of nitrogens with zero attached hydrogens (tertiary/aromatic N) is 3. The minimum Gasteiger partial charge on any atom is -0.369 e. The van der Waals surface area contributed by atoms with Crippen molar-refractivity contribution in [3.05, 3.63) is 27.1 Å². The normalized spacial score (nSPS) is 20.2. The van der Waals surface area contributed by atoms with Crippen LogP contribution in [0.3, 0.4) is 0 Å². The second-order valence-electron chi connectivity index (χ2n) is 7.42. The minimum absolute atomic E-state index is 0.0184. The summed E-state index contributed by atoms with van der Waals surface area (Å²) in [6, 6.07) is 0. The Balaban J connectivity index is 1.74. The van der Waals surface area contributed by atoms with Gasteiger partial charge in [-0.05, 0) is 40.2 Å². The molecule has 2 aromatic rings. The second kappa shape index (κ2) is 6.53. The highest BCUT2D eigenvalue weighted by Crippen LogP contribution is 2.25. The van der Waals surface area contributed by atoms with Crippen molar-refractivity contribution in [3.8, 4) is 0 Å². The number of amides is 1. The van der Waals surface area contributed by atoms with Crippen molar-refractivity contribution < 1.29 is 9.53 Å². The summed E-state index contributed by atoms with van der Waals surface area (Å²) < 4.78 is 7.39. The van der Waals surface area contributed by atoms with Gasteiger partial charge in [0.1, 0.15) is 4.83 Å². The van der Waals surface area contributed by atoms with Crippen molar-refractivity contribution in [2.24, 2.45) is 0 Å². The molecule has 0 spiro atoms. The molecule has 6 nitrogen and oxygen atoms in total. The molecule has 1 amide bonds. The van der Waals surface area contributed by atoms with E-state index in [0.29, 0.717) is 25.0 Å². The Morgan fingerprint density at radius 2 is 2.16 bits per heavy atom. The zero-order valence-electron chi connectivity index (χ0n) is 15.5. The van der Waals surface area contributed by atoms with Gasteiger partial charge in [-0.25, -0.2) is 4.98 Å². The third-order valence-corrected chi connectivity index (χ3v) is 5.76. The molecule has 1 aliphatic rings. The number of hydrogen-bond acceptors (Lipinski definition) is 5. The topological polar surface area (TPSA) is 64.4 Å². The largest absolute Gasteiger partial charge is 0.369 e. The van der Waals surface area contributed by atoms with E-state index in [1.165, 1.54) is 11.3 Å². The van der Waals surface area contributed by atoms with Crippen molar-refractivity contribution in [1.82, 2.24) is 14.5 Å². The molecule has 3 heterocycles.